The molecule has 0 N–H and O–H groups in total. The lowest BCUT2D eigenvalue weighted by atomic mass is 10.2. The Hall–Kier alpha value is -2.37. The summed E-state index contributed by atoms with van der Waals surface area (Å²) >= 11 is 0. The van der Waals surface area contributed by atoms with Gasteiger partial charge >= 0.3 is 0 Å². The molecule has 0 saturated heterocycles. The predicted molar refractivity (Wildman–Crippen MR) is 82.8 cm³/mol. The van der Waals surface area contributed by atoms with Crippen molar-refractivity contribution in [1.82, 2.24) is 4.90 Å². The summed E-state index contributed by atoms with van der Waals surface area (Å²) in [6.07, 6.45) is 4.20. The highest BCUT2D eigenvalue weighted by molar-refractivity contribution is 5.48. The lowest BCUT2D eigenvalue weighted by molar-refractivity contribution is 0.331. The largest absolute Gasteiger partial charge is 0.283 e. The van der Waals surface area contributed by atoms with Crippen molar-refractivity contribution in [3.8, 4) is 6.07 Å². The minimum absolute atomic E-state index is 0.439. The van der Waals surface area contributed by atoms with Crippen LogP contribution in [0.25, 0.3) is 6.08 Å². The molecule has 100 valence electrons. The molecule has 0 amide bonds. The van der Waals surface area contributed by atoms with Crippen molar-refractivity contribution in [2.45, 2.75) is 6.54 Å². The fourth-order valence-electron chi connectivity index (χ4n) is 2.03. The maximum Gasteiger partial charge on any atom is 0.0871 e. The second kappa shape index (κ2) is 7.93. The van der Waals surface area contributed by atoms with Crippen LogP contribution in [-0.2, 0) is 6.54 Å². The van der Waals surface area contributed by atoms with Crippen molar-refractivity contribution in [1.29, 1.82) is 5.26 Å². The van der Waals surface area contributed by atoms with Crippen LogP contribution < -0.4 is 0 Å². The van der Waals surface area contributed by atoms with Crippen LogP contribution in [0.1, 0.15) is 11.1 Å². The van der Waals surface area contributed by atoms with Gasteiger partial charge in [0.05, 0.1) is 12.6 Å². The predicted octanol–water partition coefficient (Wildman–Crippen LogP) is 3.73. The second-order valence-electron chi connectivity index (χ2n) is 4.63. The van der Waals surface area contributed by atoms with Crippen LogP contribution >= 0.6 is 0 Å². The smallest absolute Gasteiger partial charge is 0.0871 e. The first-order chi connectivity index (χ1) is 9.88. The van der Waals surface area contributed by atoms with E-state index >= 15 is 0 Å². The van der Waals surface area contributed by atoms with Gasteiger partial charge in [0.2, 0.25) is 0 Å². The Morgan fingerprint density at radius 2 is 1.60 bits per heavy atom. The van der Waals surface area contributed by atoms with E-state index in [9.17, 15) is 0 Å². The Kier molecular flexibility index (Phi) is 5.57. The molecule has 0 fully saturated rings. The van der Waals surface area contributed by atoms with Crippen LogP contribution in [0.5, 0.6) is 0 Å². The van der Waals surface area contributed by atoms with Gasteiger partial charge in [-0.15, -0.1) is 0 Å². The van der Waals surface area contributed by atoms with Crippen LogP contribution in [-0.4, -0.2) is 18.0 Å². The van der Waals surface area contributed by atoms with Crippen LogP contribution in [0.2, 0.25) is 0 Å². The summed E-state index contributed by atoms with van der Waals surface area (Å²) in [5.41, 5.74) is 2.42. The van der Waals surface area contributed by atoms with Crippen LogP contribution in [0, 0.1) is 11.3 Å². The third-order valence-electron chi connectivity index (χ3n) is 3.02. The van der Waals surface area contributed by atoms with Crippen molar-refractivity contribution >= 4 is 6.08 Å². The second-order valence-corrected chi connectivity index (χ2v) is 4.63. The van der Waals surface area contributed by atoms with Gasteiger partial charge in [0, 0.05) is 13.1 Å². The average Bonchev–Trinajstić information content (AvgIpc) is 2.49. The van der Waals surface area contributed by atoms with Gasteiger partial charge in [0.15, 0.2) is 0 Å². The first kappa shape index (κ1) is 14.0. The van der Waals surface area contributed by atoms with E-state index in [1.54, 1.807) is 0 Å². The van der Waals surface area contributed by atoms with Crippen molar-refractivity contribution in [3.05, 3.63) is 77.9 Å². The molecule has 2 heteroatoms. The molecule has 0 atom stereocenters. The number of benzene rings is 2. The van der Waals surface area contributed by atoms with E-state index in [1.165, 1.54) is 11.1 Å². The summed E-state index contributed by atoms with van der Waals surface area (Å²) in [6.45, 7) is 2.01. The van der Waals surface area contributed by atoms with E-state index in [2.05, 4.69) is 47.4 Å². The van der Waals surface area contributed by atoms with Gasteiger partial charge in [0.25, 0.3) is 0 Å². The molecule has 0 heterocycles. The molecule has 0 saturated carbocycles. The van der Waals surface area contributed by atoms with Gasteiger partial charge in [-0.2, -0.15) is 5.26 Å². The van der Waals surface area contributed by atoms with E-state index in [-0.39, 0.29) is 0 Å². The molecule has 0 bridgehead atoms. The Morgan fingerprint density at radius 3 is 2.25 bits per heavy atom. The molecule has 2 aromatic rings. The monoisotopic (exact) mass is 262 g/mol. The Balaban J connectivity index is 1.93. The third kappa shape index (κ3) is 4.72. The fraction of sp³-hybridized carbons (Fsp3) is 0.167. The fourth-order valence-corrected chi connectivity index (χ4v) is 2.03. The number of hydrogen-bond acceptors (Lipinski definition) is 2. The highest BCUT2D eigenvalue weighted by atomic mass is 15.1. The first-order valence-corrected chi connectivity index (χ1v) is 6.73. The lowest BCUT2D eigenvalue weighted by Crippen LogP contribution is -2.23. The van der Waals surface area contributed by atoms with E-state index in [0.717, 1.165) is 13.1 Å². The van der Waals surface area contributed by atoms with Gasteiger partial charge in [0.1, 0.15) is 0 Å². The van der Waals surface area contributed by atoms with E-state index in [4.69, 9.17) is 5.26 Å². The summed E-state index contributed by atoms with van der Waals surface area (Å²) in [7, 11) is 0. The molecule has 20 heavy (non-hydrogen) atoms. The first-order valence-electron chi connectivity index (χ1n) is 6.73. The SMILES string of the molecule is N#CCN(C/C=C/c1ccccc1)Cc1ccccc1. The normalized spacial score (nSPS) is 10.8. The molecule has 2 rings (SSSR count). The average molecular weight is 262 g/mol. The maximum absolute atomic E-state index is 8.92. The molecule has 2 nitrogen and oxygen atoms in total. The van der Waals surface area contributed by atoms with Gasteiger partial charge < -0.3 is 0 Å². The maximum atomic E-state index is 8.92. The number of hydrogen-bond donors (Lipinski definition) is 0. The highest BCUT2D eigenvalue weighted by Gasteiger charge is 2.02. The van der Waals surface area contributed by atoms with E-state index < -0.39 is 0 Å². The van der Waals surface area contributed by atoms with Crippen molar-refractivity contribution in [2.24, 2.45) is 0 Å². The standard InChI is InChI=1S/C18H18N2/c19-13-15-20(16-18-10-5-2-6-11-18)14-7-12-17-8-3-1-4-9-17/h1-12H,14-16H2/b12-7+. The third-order valence-corrected chi connectivity index (χ3v) is 3.02. The molecule has 0 aromatic heterocycles. The number of nitriles is 1. The quantitative estimate of drug-likeness (QED) is 0.742. The summed E-state index contributed by atoms with van der Waals surface area (Å²) in [5.74, 6) is 0. The minimum atomic E-state index is 0.439. The van der Waals surface area contributed by atoms with Gasteiger partial charge in [-0.05, 0) is 11.1 Å². The zero-order chi connectivity index (χ0) is 14.0. The molecule has 0 radical (unpaired) electrons. The Bertz CT molecular complexity index is 567. The molecule has 0 spiro atoms. The zero-order valence-electron chi connectivity index (χ0n) is 11.4. The highest BCUT2D eigenvalue weighted by Crippen LogP contribution is 2.05. The van der Waals surface area contributed by atoms with Crippen LogP contribution in [0.4, 0.5) is 0 Å². The molecule has 0 unspecified atom stereocenters. The van der Waals surface area contributed by atoms with E-state index in [0.29, 0.717) is 6.54 Å². The topological polar surface area (TPSA) is 27.0 Å². The van der Waals surface area contributed by atoms with Gasteiger partial charge in [-0.3, -0.25) is 4.90 Å². The molecule has 0 aliphatic rings. The summed E-state index contributed by atoms with van der Waals surface area (Å²) in [5, 5.41) is 8.92. The Labute approximate surface area is 120 Å². The van der Waals surface area contributed by atoms with Crippen molar-refractivity contribution < 1.29 is 0 Å². The molecular weight excluding hydrogens is 244 g/mol. The molecule has 2 aromatic carbocycles. The number of rotatable bonds is 6. The van der Waals surface area contributed by atoms with Crippen molar-refractivity contribution in [3.63, 3.8) is 0 Å². The van der Waals surface area contributed by atoms with Crippen LogP contribution in [0.15, 0.2) is 66.7 Å². The Morgan fingerprint density at radius 1 is 0.950 bits per heavy atom. The molecular formula is C18H18N2. The molecule has 0 aliphatic heterocycles. The van der Waals surface area contributed by atoms with E-state index in [1.807, 2.05) is 36.4 Å². The summed E-state index contributed by atoms with van der Waals surface area (Å²) in [4.78, 5) is 2.12. The molecule has 0 aliphatic carbocycles. The van der Waals surface area contributed by atoms with Crippen molar-refractivity contribution in [2.75, 3.05) is 13.1 Å². The van der Waals surface area contributed by atoms with Gasteiger partial charge in [-0.1, -0.05) is 72.8 Å². The van der Waals surface area contributed by atoms with Gasteiger partial charge in [-0.25, -0.2) is 0 Å². The van der Waals surface area contributed by atoms with Crippen LogP contribution in [0.3, 0.4) is 0 Å². The number of nitrogens with zero attached hydrogens (tertiary/aromatic N) is 2. The minimum Gasteiger partial charge on any atom is -0.283 e. The summed E-state index contributed by atoms with van der Waals surface area (Å²) in [6, 6.07) is 22.7. The lowest BCUT2D eigenvalue weighted by Gasteiger charge is -2.16. The zero-order valence-corrected chi connectivity index (χ0v) is 11.4. The summed E-state index contributed by atoms with van der Waals surface area (Å²) < 4.78 is 0.